The van der Waals surface area contributed by atoms with Gasteiger partial charge in [0.05, 0.1) is 17.9 Å². The molecule has 2 amide bonds. The molecule has 0 spiro atoms. The van der Waals surface area contributed by atoms with Crippen LogP contribution in [-0.2, 0) is 9.59 Å². The highest BCUT2D eigenvalue weighted by atomic mass is 35.5. The van der Waals surface area contributed by atoms with E-state index in [0.29, 0.717) is 0 Å². The van der Waals surface area contributed by atoms with Crippen LogP contribution in [0.5, 0.6) is 0 Å². The number of hydrogen-bond donors (Lipinski definition) is 2. The summed E-state index contributed by atoms with van der Waals surface area (Å²) in [4.78, 5) is 23.7. The van der Waals surface area contributed by atoms with E-state index in [4.69, 9.17) is 11.6 Å². The summed E-state index contributed by atoms with van der Waals surface area (Å²) in [7, 11) is 0. The van der Waals surface area contributed by atoms with Gasteiger partial charge in [-0.2, -0.15) is 13.2 Å². The number of hydrogen-bond acceptors (Lipinski definition) is 2. The Bertz CT molecular complexity index is 764. The lowest BCUT2D eigenvalue weighted by Gasteiger charge is -2.42. The average Bonchev–Trinajstić information content (AvgIpc) is 2.96. The van der Waals surface area contributed by atoms with Crippen molar-refractivity contribution < 1.29 is 31.5 Å². The van der Waals surface area contributed by atoms with E-state index in [1.807, 2.05) is 0 Å². The fraction of sp³-hybridized carbons (Fsp3) is 0.529. The van der Waals surface area contributed by atoms with Gasteiger partial charge in [0.1, 0.15) is 16.7 Å². The summed E-state index contributed by atoms with van der Waals surface area (Å²) in [6.07, 6.45) is -5.00. The topological polar surface area (TPSA) is 58.2 Å². The van der Waals surface area contributed by atoms with Gasteiger partial charge in [0.25, 0.3) is 0 Å². The Morgan fingerprint density at radius 2 is 1.93 bits per heavy atom. The monoisotopic (exact) mass is 410 g/mol. The van der Waals surface area contributed by atoms with Gasteiger partial charge in [-0.3, -0.25) is 9.59 Å². The van der Waals surface area contributed by atoms with Crippen molar-refractivity contribution in [3.8, 4) is 0 Å². The number of nitrogens with one attached hydrogen (secondary N) is 2. The number of amides is 2. The summed E-state index contributed by atoms with van der Waals surface area (Å²) < 4.78 is 66.3. The van der Waals surface area contributed by atoms with Crippen LogP contribution >= 0.6 is 11.6 Å². The van der Waals surface area contributed by atoms with Gasteiger partial charge in [-0.05, 0) is 24.8 Å². The molecular formula is C17H16ClF5N2O2. The largest absolute Gasteiger partial charge is 0.391 e. The second-order valence-corrected chi connectivity index (χ2v) is 7.30. The lowest BCUT2D eigenvalue weighted by Crippen LogP contribution is -2.45. The molecule has 2 aliphatic rings. The van der Waals surface area contributed by atoms with E-state index in [0.717, 1.165) is 12.1 Å². The van der Waals surface area contributed by atoms with Crippen LogP contribution in [0.4, 0.5) is 22.0 Å². The van der Waals surface area contributed by atoms with E-state index in [2.05, 4.69) is 10.6 Å². The molecule has 27 heavy (non-hydrogen) atoms. The molecule has 148 valence electrons. The van der Waals surface area contributed by atoms with Gasteiger partial charge in [0, 0.05) is 18.5 Å². The van der Waals surface area contributed by atoms with Crippen LogP contribution in [0.25, 0.3) is 0 Å². The van der Waals surface area contributed by atoms with Gasteiger partial charge in [0.15, 0.2) is 0 Å². The molecule has 1 aromatic carbocycles. The Kier molecular flexibility index (Phi) is 5.33. The lowest BCUT2D eigenvalue weighted by molar-refractivity contribution is -0.207. The summed E-state index contributed by atoms with van der Waals surface area (Å²) in [5.41, 5.74) is -0.169. The number of carbonyl (C=O) groups excluding carboxylic acids is 2. The quantitative estimate of drug-likeness (QED) is 0.589. The van der Waals surface area contributed by atoms with E-state index in [-0.39, 0.29) is 37.3 Å². The molecule has 1 saturated carbocycles. The molecule has 0 unspecified atom stereocenters. The molecule has 1 heterocycles. The zero-order valence-corrected chi connectivity index (χ0v) is 14.6. The van der Waals surface area contributed by atoms with E-state index < -0.39 is 52.5 Å². The zero-order valence-electron chi connectivity index (χ0n) is 13.9. The minimum absolute atomic E-state index is 0.0545. The van der Waals surface area contributed by atoms with E-state index >= 15 is 0 Å². The fourth-order valence-electron chi connectivity index (χ4n) is 3.49. The second-order valence-electron chi connectivity index (χ2n) is 6.93. The van der Waals surface area contributed by atoms with Crippen molar-refractivity contribution >= 4 is 23.4 Å². The van der Waals surface area contributed by atoms with Crippen molar-refractivity contribution in [2.75, 3.05) is 6.54 Å². The third kappa shape index (κ3) is 4.02. The van der Waals surface area contributed by atoms with E-state index in [9.17, 15) is 31.5 Å². The van der Waals surface area contributed by atoms with Crippen LogP contribution < -0.4 is 10.6 Å². The van der Waals surface area contributed by atoms with Crippen molar-refractivity contribution in [1.82, 2.24) is 10.6 Å². The first-order valence-electron chi connectivity index (χ1n) is 8.35. The summed E-state index contributed by atoms with van der Waals surface area (Å²) in [5.74, 6) is -5.92. The molecule has 10 heteroatoms. The molecule has 1 aromatic rings. The smallest absolute Gasteiger partial charge is 0.355 e. The molecule has 0 aromatic heterocycles. The Morgan fingerprint density at radius 3 is 2.48 bits per heavy atom. The summed E-state index contributed by atoms with van der Waals surface area (Å²) >= 11 is 5.58. The maximum atomic E-state index is 14.4. The number of carbonyl (C=O) groups is 2. The second kappa shape index (κ2) is 7.26. The zero-order chi connectivity index (χ0) is 19.9. The van der Waals surface area contributed by atoms with Crippen LogP contribution in [0.1, 0.15) is 30.9 Å². The molecule has 2 N–H and O–H groups in total. The number of alkyl halides is 3. The van der Waals surface area contributed by atoms with Crippen molar-refractivity contribution in [1.29, 1.82) is 0 Å². The number of halogens is 6. The third-order valence-electron chi connectivity index (χ3n) is 5.15. The molecule has 1 aliphatic heterocycles. The van der Waals surface area contributed by atoms with Gasteiger partial charge in [0.2, 0.25) is 11.8 Å². The van der Waals surface area contributed by atoms with Gasteiger partial charge < -0.3 is 10.6 Å². The van der Waals surface area contributed by atoms with Crippen LogP contribution in [0.2, 0.25) is 5.02 Å². The minimum Gasteiger partial charge on any atom is -0.355 e. The predicted octanol–water partition coefficient (Wildman–Crippen LogP) is 3.50. The van der Waals surface area contributed by atoms with Crippen molar-refractivity contribution in [3.05, 3.63) is 34.4 Å². The molecule has 1 saturated heterocycles. The molecule has 3 rings (SSSR count). The molecule has 2 fully saturated rings. The Morgan fingerprint density at radius 1 is 1.26 bits per heavy atom. The normalized spacial score (nSPS) is 26.3. The first kappa shape index (κ1) is 19.9. The molecule has 4 nitrogen and oxygen atoms in total. The Hall–Kier alpha value is -1.90. The summed E-state index contributed by atoms with van der Waals surface area (Å²) in [6, 6.07) is 0.880. The van der Waals surface area contributed by atoms with Crippen LogP contribution in [0.15, 0.2) is 12.1 Å². The lowest BCUT2D eigenvalue weighted by atomic mass is 9.69. The Balaban J connectivity index is 1.83. The minimum atomic E-state index is -4.37. The first-order valence-corrected chi connectivity index (χ1v) is 8.73. The van der Waals surface area contributed by atoms with Gasteiger partial charge in [-0.25, -0.2) is 8.78 Å². The maximum Gasteiger partial charge on any atom is 0.391 e. The third-order valence-corrected chi connectivity index (χ3v) is 5.50. The highest BCUT2D eigenvalue weighted by Gasteiger charge is 2.51. The number of benzene rings is 1. The summed E-state index contributed by atoms with van der Waals surface area (Å²) in [5, 5.41) is 4.24. The van der Waals surface area contributed by atoms with Crippen LogP contribution in [0, 0.1) is 29.4 Å². The van der Waals surface area contributed by atoms with E-state index in [1.165, 1.54) is 0 Å². The summed E-state index contributed by atoms with van der Waals surface area (Å²) in [6.45, 7) is 0.0971. The highest BCUT2D eigenvalue weighted by Crippen LogP contribution is 2.50. The molecule has 1 aliphatic carbocycles. The van der Waals surface area contributed by atoms with Crippen LogP contribution in [-0.4, -0.2) is 24.5 Å². The predicted molar refractivity (Wildman–Crippen MR) is 85.6 cm³/mol. The fourth-order valence-corrected chi connectivity index (χ4v) is 3.67. The van der Waals surface area contributed by atoms with Crippen molar-refractivity contribution in [2.45, 2.75) is 31.5 Å². The van der Waals surface area contributed by atoms with Gasteiger partial charge >= 0.3 is 6.18 Å². The van der Waals surface area contributed by atoms with Gasteiger partial charge in [-0.15, -0.1) is 0 Å². The SMILES string of the molecule is O=C1C[C@H](C(=O)N[C@H](c2ccc(F)c(Cl)c2F)[C@H]2C[C@H](C(F)(F)F)C2)CN1. The average molecular weight is 411 g/mol. The maximum absolute atomic E-state index is 14.4. The first-order chi connectivity index (χ1) is 12.6. The highest BCUT2D eigenvalue weighted by molar-refractivity contribution is 6.31. The molecule has 2 atom stereocenters. The standard InChI is InChI=1S/C17H16ClF5N2O2/c18-13-11(19)2-1-10(14(13)20)15(7-3-9(4-7)17(21,22)23)25-16(27)8-5-12(26)24-6-8/h1-2,7-9,15H,3-6H2,(H,24,26)(H,25,27)/t7-,8-,9-,15-/m0/s1. The van der Waals surface area contributed by atoms with Gasteiger partial charge in [-0.1, -0.05) is 17.7 Å². The van der Waals surface area contributed by atoms with Crippen LogP contribution in [0.3, 0.4) is 0 Å². The molecule has 0 bridgehead atoms. The van der Waals surface area contributed by atoms with E-state index in [1.54, 1.807) is 0 Å². The molecular weight excluding hydrogens is 395 g/mol. The number of rotatable bonds is 4. The molecule has 0 radical (unpaired) electrons. The van der Waals surface area contributed by atoms with Crippen molar-refractivity contribution in [3.63, 3.8) is 0 Å². The van der Waals surface area contributed by atoms with Crippen molar-refractivity contribution in [2.24, 2.45) is 17.8 Å². The Labute approximate surface area is 156 Å².